The maximum Gasteiger partial charge on any atom is 0.0801 e. The van der Waals surface area contributed by atoms with Crippen molar-refractivity contribution in [2.45, 2.75) is 12.8 Å². The molecular formula is C36H26N4. The molecule has 4 heteroatoms. The zero-order valence-electron chi connectivity index (χ0n) is 21.9. The maximum atomic E-state index is 3.76. The summed E-state index contributed by atoms with van der Waals surface area (Å²) in [5, 5.41) is 3.78. The van der Waals surface area contributed by atoms with Gasteiger partial charge in [-0.05, 0) is 61.4 Å². The highest BCUT2D eigenvalue weighted by molar-refractivity contribution is 6.21. The minimum atomic E-state index is 0.936. The van der Waals surface area contributed by atoms with Crippen molar-refractivity contribution in [3.63, 3.8) is 0 Å². The summed E-state index contributed by atoms with van der Waals surface area (Å²) in [6, 6.07) is 43.7. The third kappa shape index (κ3) is 2.90. The Labute approximate surface area is 231 Å². The lowest BCUT2D eigenvalue weighted by molar-refractivity contribution is 0.852. The molecule has 0 spiro atoms. The zero-order chi connectivity index (χ0) is 26.2. The van der Waals surface area contributed by atoms with Crippen molar-refractivity contribution in [3.05, 3.63) is 138 Å². The van der Waals surface area contributed by atoms with Crippen LogP contribution in [0.5, 0.6) is 0 Å². The number of hydrogen-bond donors (Lipinski definition) is 2. The van der Waals surface area contributed by atoms with Crippen LogP contribution in [0.15, 0.2) is 127 Å². The van der Waals surface area contributed by atoms with Gasteiger partial charge in [0.2, 0.25) is 0 Å². The Morgan fingerprint density at radius 2 is 1.12 bits per heavy atom. The van der Waals surface area contributed by atoms with Crippen LogP contribution in [-0.2, 0) is 6.42 Å². The second-order valence-electron chi connectivity index (χ2n) is 10.7. The number of aromatic amines is 2. The number of H-pyrrole nitrogens is 2. The largest absolute Gasteiger partial charge is 0.358 e. The standard InChI is InChI=1S/C36H26N4/c1-3-11-23(12-4-1)39-31-21-19-30-34(26-16-8-10-18-28(26)38-30)36(31)40(24-13-5-2-6-14-24)32-22-20-29-33(35(32)39)25-15-7-9-17-27(25)37-29/h1-19,21,37-38H,20,22H2. The van der Waals surface area contributed by atoms with E-state index in [0.717, 1.165) is 23.9 Å². The Kier molecular flexibility index (Phi) is 4.41. The van der Waals surface area contributed by atoms with Gasteiger partial charge in [-0.25, -0.2) is 0 Å². The SMILES string of the molecule is c1ccc(N2C3=C(CCc4[nH]c5ccccc5c43)N(c3ccccc3)c3c2ccc2[nH]c4ccccc4c32)cc1. The fraction of sp³-hybridized carbons (Fsp3) is 0.0556. The summed E-state index contributed by atoms with van der Waals surface area (Å²) in [4.78, 5) is 12.5. The van der Waals surface area contributed by atoms with E-state index in [1.165, 1.54) is 67.1 Å². The van der Waals surface area contributed by atoms with Crippen LogP contribution in [0.4, 0.5) is 22.7 Å². The van der Waals surface area contributed by atoms with Crippen LogP contribution in [-0.4, -0.2) is 9.97 Å². The maximum absolute atomic E-state index is 3.76. The van der Waals surface area contributed by atoms with E-state index in [-0.39, 0.29) is 0 Å². The summed E-state index contributed by atoms with van der Waals surface area (Å²) in [6.45, 7) is 0. The number of allylic oxidation sites excluding steroid dienone is 1. The van der Waals surface area contributed by atoms with Crippen molar-refractivity contribution in [2.75, 3.05) is 9.80 Å². The lowest BCUT2D eigenvalue weighted by atomic mass is 9.90. The van der Waals surface area contributed by atoms with E-state index in [4.69, 9.17) is 0 Å². The van der Waals surface area contributed by atoms with Crippen molar-refractivity contribution in [1.82, 2.24) is 9.97 Å². The molecule has 0 unspecified atom stereocenters. The highest BCUT2D eigenvalue weighted by Crippen LogP contribution is 2.56. The average molecular weight is 515 g/mol. The van der Waals surface area contributed by atoms with Gasteiger partial charge in [0, 0.05) is 61.0 Å². The molecule has 0 radical (unpaired) electrons. The number of para-hydroxylation sites is 4. The van der Waals surface area contributed by atoms with Gasteiger partial charge in [-0.3, -0.25) is 0 Å². The summed E-state index contributed by atoms with van der Waals surface area (Å²) < 4.78 is 0. The van der Waals surface area contributed by atoms with Gasteiger partial charge < -0.3 is 19.8 Å². The van der Waals surface area contributed by atoms with Crippen LogP contribution < -0.4 is 9.80 Å². The molecule has 190 valence electrons. The third-order valence-electron chi connectivity index (χ3n) is 8.51. The van der Waals surface area contributed by atoms with Crippen LogP contribution in [0.3, 0.4) is 0 Å². The molecule has 0 fully saturated rings. The molecule has 1 aliphatic carbocycles. The van der Waals surface area contributed by atoms with Crippen LogP contribution in [0.2, 0.25) is 0 Å². The summed E-state index contributed by atoms with van der Waals surface area (Å²) in [6.07, 6.45) is 1.90. The van der Waals surface area contributed by atoms with Gasteiger partial charge in [0.25, 0.3) is 0 Å². The second-order valence-corrected chi connectivity index (χ2v) is 10.7. The molecule has 4 nitrogen and oxygen atoms in total. The predicted octanol–water partition coefficient (Wildman–Crippen LogP) is 9.41. The molecule has 5 aromatic carbocycles. The van der Waals surface area contributed by atoms with E-state index in [1.54, 1.807) is 0 Å². The van der Waals surface area contributed by atoms with E-state index >= 15 is 0 Å². The Morgan fingerprint density at radius 3 is 1.88 bits per heavy atom. The molecular weight excluding hydrogens is 488 g/mol. The van der Waals surface area contributed by atoms with Crippen molar-refractivity contribution in [1.29, 1.82) is 0 Å². The Hall–Kier alpha value is -5.22. The first kappa shape index (κ1) is 21.7. The first-order valence-corrected chi connectivity index (χ1v) is 13.9. The highest BCUT2D eigenvalue weighted by Gasteiger charge is 2.39. The molecule has 1 aliphatic heterocycles. The van der Waals surface area contributed by atoms with Crippen LogP contribution in [0.25, 0.3) is 38.4 Å². The molecule has 2 aliphatic rings. The Morgan fingerprint density at radius 1 is 0.500 bits per heavy atom. The normalized spacial score (nSPS) is 14.6. The van der Waals surface area contributed by atoms with E-state index < -0.39 is 0 Å². The van der Waals surface area contributed by atoms with Crippen LogP contribution >= 0.6 is 0 Å². The number of fused-ring (bicyclic) bond motifs is 9. The third-order valence-corrected chi connectivity index (χ3v) is 8.51. The average Bonchev–Trinajstić information content (AvgIpc) is 3.59. The molecule has 7 aromatic rings. The fourth-order valence-corrected chi connectivity index (χ4v) is 6.90. The fourth-order valence-electron chi connectivity index (χ4n) is 6.90. The predicted molar refractivity (Wildman–Crippen MR) is 167 cm³/mol. The Balaban J connectivity index is 1.47. The van der Waals surface area contributed by atoms with Gasteiger partial charge in [0.05, 0.1) is 17.1 Å². The number of hydrogen-bond acceptors (Lipinski definition) is 2. The van der Waals surface area contributed by atoms with E-state index in [0.29, 0.717) is 0 Å². The van der Waals surface area contributed by atoms with Crippen molar-refractivity contribution in [3.8, 4) is 0 Å². The molecule has 0 atom stereocenters. The minimum Gasteiger partial charge on any atom is -0.358 e. The van der Waals surface area contributed by atoms with Gasteiger partial charge in [-0.2, -0.15) is 0 Å². The number of nitrogens with one attached hydrogen (secondary N) is 2. The van der Waals surface area contributed by atoms with Gasteiger partial charge in [0.1, 0.15) is 0 Å². The second kappa shape index (κ2) is 8.14. The van der Waals surface area contributed by atoms with Crippen molar-refractivity contribution >= 4 is 61.2 Å². The summed E-state index contributed by atoms with van der Waals surface area (Å²) >= 11 is 0. The molecule has 2 N–H and O–H groups in total. The quantitative estimate of drug-likeness (QED) is 0.241. The van der Waals surface area contributed by atoms with Gasteiger partial charge in [0.15, 0.2) is 0 Å². The molecule has 9 rings (SSSR count). The van der Waals surface area contributed by atoms with Crippen molar-refractivity contribution < 1.29 is 0 Å². The first-order chi connectivity index (χ1) is 19.9. The van der Waals surface area contributed by atoms with Gasteiger partial charge in [-0.1, -0.05) is 72.8 Å². The van der Waals surface area contributed by atoms with E-state index in [2.05, 4.69) is 141 Å². The van der Waals surface area contributed by atoms with Gasteiger partial charge >= 0.3 is 0 Å². The summed E-state index contributed by atoms with van der Waals surface area (Å²) in [7, 11) is 0. The first-order valence-electron chi connectivity index (χ1n) is 13.9. The lowest BCUT2D eigenvalue weighted by Crippen LogP contribution is -2.33. The number of anilines is 4. The van der Waals surface area contributed by atoms with E-state index in [9.17, 15) is 0 Å². The van der Waals surface area contributed by atoms with Crippen LogP contribution in [0, 0.1) is 0 Å². The molecule has 0 amide bonds. The number of nitrogens with zero attached hydrogens (tertiary/aromatic N) is 2. The summed E-state index contributed by atoms with van der Waals surface area (Å²) in [5.41, 5.74) is 13.5. The van der Waals surface area contributed by atoms with Crippen molar-refractivity contribution in [2.24, 2.45) is 0 Å². The monoisotopic (exact) mass is 514 g/mol. The number of aryl methyl sites for hydroxylation is 1. The summed E-state index contributed by atoms with van der Waals surface area (Å²) in [5.74, 6) is 0. The van der Waals surface area contributed by atoms with Gasteiger partial charge in [-0.15, -0.1) is 0 Å². The molecule has 3 heterocycles. The smallest absolute Gasteiger partial charge is 0.0801 e. The number of rotatable bonds is 2. The van der Waals surface area contributed by atoms with E-state index in [1.807, 2.05) is 0 Å². The topological polar surface area (TPSA) is 38.1 Å². The zero-order valence-corrected chi connectivity index (χ0v) is 21.9. The molecule has 0 bridgehead atoms. The van der Waals surface area contributed by atoms with Crippen LogP contribution in [0.1, 0.15) is 17.7 Å². The molecule has 0 saturated carbocycles. The minimum absolute atomic E-state index is 0.936. The Bertz CT molecular complexity index is 2110. The molecule has 40 heavy (non-hydrogen) atoms. The number of aromatic nitrogens is 2. The lowest BCUT2D eigenvalue weighted by Gasteiger charge is -2.44. The molecule has 2 aromatic heterocycles. The number of benzene rings is 5. The molecule has 0 saturated heterocycles. The highest BCUT2D eigenvalue weighted by atomic mass is 15.3.